The van der Waals surface area contributed by atoms with E-state index in [2.05, 4.69) is 43.0 Å². The first-order valence-corrected chi connectivity index (χ1v) is 6.83. The fourth-order valence-electron chi connectivity index (χ4n) is 2.13. The summed E-state index contributed by atoms with van der Waals surface area (Å²) in [6.45, 7) is 5.94. The predicted molar refractivity (Wildman–Crippen MR) is 83.8 cm³/mol. The molecule has 2 rings (SSSR count). The number of hydrogen-bond donors (Lipinski definition) is 1. The van der Waals surface area contributed by atoms with E-state index in [-0.39, 0.29) is 0 Å². The lowest BCUT2D eigenvalue weighted by molar-refractivity contribution is 0.832. The van der Waals surface area contributed by atoms with Gasteiger partial charge in [-0.2, -0.15) is 0 Å². The Morgan fingerprint density at radius 2 is 1.95 bits per heavy atom. The molecule has 0 aliphatic heterocycles. The Morgan fingerprint density at radius 3 is 2.63 bits per heavy atom. The third-order valence-electron chi connectivity index (χ3n) is 3.18. The molecule has 2 nitrogen and oxygen atoms in total. The first-order chi connectivity index (χ1) is 9.10. The molecule has 0 saturated heterocycles. The summed E-state index contributed by atoms with van der Waals surface area (Å²) in [5, 5.41) is 0.764. The summed E-state index contributed by atoms with van der Waals surface area (Å²) >= 11 is 6.23. The Balaban J connectivity index is 2.26. The van der Waals surface area contributed by atoms with E-state index in [0.717, 1.165) is 29.4 Å². The van der Waals surface area contributed by atoms with E-state index in [0.29, 0.717) is 0 Å². The van der Waals surface area contributed by atoms with Crippen LogP contribution in [0.2, 0.25) is 5.02 Å². The largest absolute Gasteiger partial charge is 0.399 e. The van der Waals surface area contributed by atoms with Crippen molar-refractivity contribution in [2.24, 2.45) is 0 Å². The monoisotopic (exact) mass is 274 g/mol. The Hall–Kier alpha value is -1.67. The molecule has 0 amide bonds. The van der Waals surface area contributed by atoms with E-state index in [1.807, 2.05) is 18.2 Å². The third kappa shape index (κ3) is 3.42. The van der Waals surface area contributed by atoms with Gasteiger partial charge in [-0.15, -0.1) is 0 Å². The smallest absolute Gasteiger partial charge is 0.0457 e. The van der Waals surface area contributed by atoms with Gasteiger partial charge in [-0.1, -0.05) is 23.7 Å². The number of nitrogen functional groups attached to an aromatic ring is 1. The van der Waals surface area contributed by atoms with Gasteiger partial charge in [0.15, 0.2) is 0 Å². The van der Waals surface area contributed by atoms with Gasteiger partial charge in [0.25, 0.3) is 0 Å². The minimum Gasteiger partial charge on any atom is -0.399 e. The van der Waals surface area contributed by atoms with Gasteiger partial charge in [-0.25, -0.2) is 0 Å². The lowest BCUT2D eigenvalue weighted by Crippen LogP contribution is -2.22. The fourth-order valence-corrected chi connectivity index (χ4v) is 2.31. The molecule has 0 atom stereocenters. The van der Waals surface area contributed by atoms with Gasteiger partial charge in [0.05, 0.1) is 0 Å². The molecule has 3 heteroatoms. The highest BCUT2D eigenvalue weighted by Gasteiger charge is 2.08. The highest BCUT2D eigenvalue weighted by atomic mass is 35.5. The molecule has 0 heterocycles. The number of aryl methyl sites for hydroxylation is 1. The van der Waals surface area contributed by atoms with E-state index in [9.17, 15) is 0 Å². The third-order valence-corrected chi connectivity index (χ3v) is 3.55. The van der Waals surface area contributed by atoms with Crippen LogP contribution < -0.4 is 10.6 Å². The minimum atomic E-state index is 0.750. The lowest BCUT2D eigenvalue weighted by atomic mass is 10.1. The molecule has 0 aliphatic rings. The van der Waals surface area contributed by atoms with Crippen molar-refractivity contribution in [1.29, 1.82) is 0 Å². The molecule has 0 bridgehead atoms. The number of halogens is 1. The van der Waals surface area contributed by atoms with E-state index < -0.39 is 0 Å². The Labute approximate surface area is 119 Å². The summed E-state index contributed by atoms with van der Waals surface area (Å²) in [4.78, 5) is 2.29. The lowest BCUT2D eigenvalue weighted by Gasteiger charge is -2.24. The van der Waals surface area contributed by atoms with Crippen molar-refractivity contribution in [2.45, 2.75) is 20.4 Å². The minimum absolute atomic E-state index is 0.750. The van der Waals surface area contributed by atoms with Crippen LogP contribution in [0.5, 0.6) is 0 Å². The molecule has 0 radical (unpaired) electrons. The summed E-state index contributed by atoms with van der Waals surface area (Å²) in [6, 6.07) is 14.1. The molecular weight excluding hydrogens is 256 g/mol. The number of nitrogens with zero attached hydrogens (tertiary/aromatic N) is 1. The normalized spacial score (nSPS) is 10.5. The maximum Gasteiger partial charge on any atom is 0.0457 e. The van der Waals surface area contributed by atoms with Gasteiger partial charge < -0.3 is 10.6 Å². The van der Waals surface area contributed by atoms with Crippen LogP contribution in [0.3, 0.4) is 0 Å². The van der Waals surface area contributed by atoms with Crippen molar-refractivity contribution >= 4 is 23.0 Å². The van der Waals surface area contributed by atoms with Crippen LogP contribution in [0.4, 0.5) is 11.4 Å². The summed E-state index contributed by atoms with van der Waals surface area (Å²) in [5.41, 5.74) is 10.1. The molecule has 2 aromatic carbocycles. The van der Waals surface area contributed by atoms with Crippen molar-refractivity contribution in [2.75, 3.05) is 17.2 Å². The molecule has 0 fully saturated rings. The number of nitrogens with two attached hydrogens (primary N) is 1. The summed E-state index contributed by atoms with van der Waals surface area (Å²) in [7, 11) is 0. The fraction of sp³-hybridized carbons (Fsp3) is 0.250. The van der Waals surface area contributed by atoms with Crippen LogP contribution in [-0.2, 0) is 6.54 Å². The predicted octanol–water partition coefficient (Wildman–Crippen LogP) is 4.26. The van der Waals surface area contributed by atoms with Gasteiger partial charge in [0.1, 0.15) is 0 Å². The Morgan fingerprint density at radius 1 is 1.16 bits per heavy atom. The maximum atomic E-state index is 6.23. The van der Waals surface area contributed by atoms with E-state index in [1.54, 1.807) is 0 Å². The molecule has 19 heavy (non-hydrogen) atoms. The van der Waals surface area contributed by atoms with Crippen LogP contribution in [0.1, 0.15) is 18.1 Å². The van der Waals surface area contributed by atoms with Gasteiger partial charge in [0, 0.05) is 29.5 Å². The molecular formula is C16H19ClN2. The highest BCUT2D eigenvalue weighted by molar-refractivity contribution is 6.31. The van der Waals surface area contributed by atoms with Crippen LogP contribution in [0, 0.1) is 6.92 Å². The molecule has 0 unspecified atom stereocenters. The van der Waals surface area contributed by atoms with Crippen LogP contribution in [-0.4, -0.2) is 6.54 Å². The van der Waals surface area contributed by atoms with Crippen molar-refractivity contribution in [3.05, 3.63) is 58.6 Å². The number of rotatable bonds is 4. The van der Waals surface area contributed by atoms with Gasteiger partial charge in [-0.05, 0) is 55.3 Å². The average Bonchev–Trinajstić information content (AvgIpc) is 2.39. The standard InChI is InChI=1S/C16H19ClN2/c1-3-19(15-6-4-5-12(2)9-15)11-13-10-14(18)7-8-16(13)17/h4-10H,3,11,18H2,1-2H3. The molecule has 2 aromatic rings. The number of anilines is 2. The van der Waals surface area contributed by atoms with Crippen LogP contribution in [0.25, 0.3) is 0 Å². The van der Waals surface area contributed by atoms with Crippen molar-refractivity contribution in [1.82, 2.24) is 0 Å². The van der Waals surface area contributed by atoms with E-state index in [1.165, 1.54) is 11.3 Å². The van der Waals surface area contributed by atoms with Crippen LogP contribution >= 0.6 is 11.6 Å². The number of benzene rings is 2. The molecule has 2 N–H and O–H groups in total. The SMILES string of the molecule is CCN(Cc1cc(N)ccc1Cl)c1cccc(C)c1. The zero-order chi connectivity index (χ0) is 13.8. The topological polar surface area (TPSA) is 29.3 Å². The quantitative estimate of drug-likeness (QED) is 0.844. The second-order valence-corrected chi connectivity index (χ2v) is 5.11. The second kappa shape index (κ2) is 5.98. The summed E-state index contributed by atoms with van der Waals surface area (Å²) in [5.74, 6) is 0. The highest BCUT2D eigenvalue weighted by Crippen LogP contribution is 2.24. The van der Waals surface area contributed by atoms with Crippen LogP contribution in [0.15, 0.2) is 42.5 Å². The van der Waals surface area contributed by atoms with Gasteiger partial charge >= 0.3 is 0 Å². The summed E-state index contributed by atoms with van der Waals surface area (Å²) < 4.78 is 0. The number of hydrogen-bond acceptors (Lipinski definition) is 2. The molecule has 0 aromatic heterocycles. The first kappa shape index (κ1) is 13.8. The average molecular weight is 275 g/mol. The molecule has 0 aliphatic carbocycles. The molecule has 0 spiro atoms. The molecule has 0 saturated carbocycles. The van der Waals surface area contributed by atoms with Gasteiger partial charge in [0.2, 0.25) is 0 Å². The van der Waals surface area contributed by atoms with Crippen molar-refractivity contribution in [3.8, 4) is 0 Å². The second-order valence-electron chi connectivity index (χ2n) is 4.70. The Kier molecular flexibility index (Phi) is 4.33. The van der Waals surface area contributed by atoms with Gasteiger partial charge in [-0.3, -0.25) is 0 Å². The maximum absolute atomic E-state index is 6.23. The molecule has 100 valence electrons. The zero-order valence-electron chi connectivity index (χ0n) is 11.4. The zero-order valence-corrected chi connectivity index (χ0v) is 12.1. The first-order valence-electron chi connectivity index (χ1n) is 6.45. The Bertz CT molecular complexity index is 566. The van der Waals surface area contributed by atoms with E-state index >= 15 is 0 Å². The van der Waals surface area contributed by atoms with Crippen molar-refractivity contribution < 1.29 is 0 Å². The van der Waals surface area contributed by atoms with Crippen molar-refractivity contribution in [3.63, 3.8) is 0 Å². The summed E-state index contributed by atoms with van der Waals surface area (Å²) in [6.07, 6.45) is 0. The van der Waals surface area contributed by atoms with E-state index in [4.69, 9.17) is 17.3 Å².